The van der Waals surface area contributed by atoms with Crippen LogP contribution in [-0.2, 0) is 0 Å². The molecule has 0 fully saturated rings. The number of nitrogens with one attached hydrogen (secondary N) is 1. The first kappa shape index (κ1) is 13.3. The predicted octanol–water partition coefficient (Wildman–Crippen LogP) is 1.75. The summed E-state index contributed by atoms with van der Waals surface area (Å²) in [5.41, 5.74) is 7.85. The summed E-state index contributed by atoms with van der Waals surface area (Å²) in [5, 5.41) is 3.18. The average Bonchev–Trinajstić information content (AvgIpc) is 2.74. The molecule has 0 spiro atoms. The Hall–Kier alpha value is -2.15. The Morgan fingerprint density at radius 1 is 1.42 bits per heavy atom. The maximum absolute atomic E-state index is 12.0. The van der Waals surface area contributed by atoms with E-state index in [0.717, 1.165) is 17.2 Å². The minimum absolute atomic E-state index is 0.242. The average molecular weight is 277 g/mol. The van der Waals surface area contributed by atoms with Crippen molar-refractivity contribution in [3.8, 4) is 0 Å². The van der Waals surface area contributed by atoms with E-state index in [1.807, 2.05) is 25.1 Å². The van der Waals surface area contributed by atoms with E-state index < -0.39 is 0 Å². The third-order valence-electron chi connectivity index (χ3n) is 2.52. The maximum atomic E-state index is 12.0. The van der Waals surface area contributed by atoms with Crippen molar-refractivity contribution in [1.29, 1.82) is 0 Å². The monoisotopic (exact) mass is 277 g/mol. The third-order valence-corrected chi connectivity index (χ3v) is 3.24. The van der Waals surface area contributed by atoms with Crippen LogP contribution in [0, 0.1) is 6.92 Å². The van der Waals surface area contributed by atoms with Crippen LogP contribution in [0.1, 0.15) is 16.2 Å². The van der Waals surface area contributed by atoms with E-state index in [1.54, 1.807) is 19.1 Å². The van der Waals surface area contributed by atoms with Gasteiger partial charge in [0.2, 0.25) is 5.13 Å². The van der Waals surface area contributed by atoms with Crippen molar-refractivity contribution in [3.05, 3.63) is 29.6 Å². The third kappa shape index (κ3) is 3.00. The van der Waals surface area contributed by atoms with Crippen molar-refractivity contribution in [2.75, 3.05) is 30.0 Å². The molecule has 0 aliphatic rings. The van der Waals surface area contributed by atoms with Crippen LogP contribution in [0.25, 0.3) is 0 Å². The normalized spacial score (nSPS) is 10.3. The van der Waals surface area contributed by atoms with Crippen LogP contribution in [0.3, 0.4) is 0 Å². The van der Waals surface area contributed by atoms with Crippen LogP contribution in [0.4, 0.5) is 16.5 Å². The molecule has 0 aliphatic carbocycles. The van der Waals surface area contributed by atoms with Crippen molar-refractivity contribution in [1.82, 2.24) is 9.36 Å². The van der Waals surface area contributed by atoms with Crippen LogP contribution in [0.15, 0.2) is 18.2 Å². The van der Waals surface area contributed by atoms with Gasteiger partial charge in [0, 0.05) is 31.2 Å². The number of rotatable bonds is 3. The molecule has 1 aromatic heterocycles. The highest BCUT2D eigenvalue weighted by molar-refractivity contribution is 7.09. The minimum Gasteiger partial charge on any atom is -0.397 e. The Balaban J connectivity index is 2.18. The van der Waals surface area contributed by atoms with Gasteiger partial charge in [-0.1, -0.05) is 0 Å². The van der Waals surface area contributed by atoms with E-state index in [0.29, 0.717) is 22.2 Å². The standard InChI is InChI=1S/C12H15N5OS/c1-7-14-12(19-16-7)15-11(18)8-4-5-10(17(2)3)9(13)6-8/h4-6H,13H2,1-3H3,(H,14,15,16,18). The predicted molar refractivity (Wildman–Crippen MR) is 77.8 cm³/mol. The molecule has 19 heavy (non-hydrogen) atoms. The molecule has 0 saturated heterocycles. The molecule has 0 saturated carbocycles. The zero-order chi connectivity index (χ0) is 14.0. The van der Waals surface area contributed by atoms with Crippen molar-refractivity contribution < 1.29 is 4.79 Å². The molecule has 0 aliphatic heterocycles. The van der Waals surface area contributed by atoms with Crippen LogP contribution in [-0.4, -0.2) is 29.4 Å². The Bertz CT molecular complexity index is 608. The fourth-order valence-corrected chi connectivity index (χ4v) is 2.19. The first-order valence-electron chi connectivity index (χ1n) is 5.66. The summed E-state index contributed by atoms with van der Waals surface area (Å²) in [5.74, 6) is 0.399. The lowest BCUT2D eigenvalue weighted by Crippen LogP contribution is -2.14. The number of amides is 1. The second-order valence-electron chi connectivity index (χ2n) is 4.27. The summed E-state index contributed by atoms with van der Waals surface area (Å²) in [4.78, 5) is 18.0. The van der Waals surface area contributed by atoms with E-state index in [4.69, 9.17) is 5.73 Å². The number of benzene rings is 1. The van der Waals surface area contributed by atoms with E-state index in [9.17, 15) is 4.79 Å². The lowest BCUT2D eigenvalue weighted by molar-refractivity contribution is 0.102. The van der Waals surface area contributed by atoms with E-state index >= 15 is 0 Å². The van der Waals surface area contributed by atoms with Crippen molar-refractivity contribution in [2.24, 2.45) is 0 Å². The molecule has 7 heteroatoms. The topological polar surface area (TPSA) is 84.1 Å². The Morgan fingerprint density at radius 2 is 2.16 bits per heavy atom. The number of nitrogen functional groups attached to an aromatic ring is 1. The lowest BCUT2D eigenvalue weighted by atomic mass is 10.1. The van der Waals surface area contributed by atoms with Gasteiger partial charge in [-0.05, 0) is 25.1 Å². The highest BCUT2D eigenvalue weighted by atomic mass is 32.1. The summed E-state index contributed by atoms with van der Waals surface area (Å²) < 4.78 is 4.00. The molecule has 1 heterocycles. The fraction of sp³-hybridized carbons (Fsp3) is 0.250. The van der Waals surface area contributed by atoms with Gasteiger partial charge in [-0.3, -0.25) is 10.1 Å². The fourth-order valence-electron chi connectivity index (χ4n) is 1.62. The highest BCUT2D eigenvalue weighted by Crippen LogP contribution is 2.23. The van der Waals surface area contributed by atoms with E-state index in [1.165, 1.54) is 0 Å². The molecular weight excluding hydrogens is 262 g/mol. The molecule has 0 unspecified atom stereocenters. The van der Waals surface area contributed by atoms with Gasteiger partial charge in [0.15, 0.2) is 0 Å². The molecule has 1 aromatic carbocycles. The zero-order valence-electron chi connectivity index (χ0n) is 11.0. The molecule has 3 N–H and O–H groups in total. The summed E-state index contributed by atoms with van der Waals surface area (Å²) in [6.07, 6.45) is 0. The van der Waals surface area contributed by atoms with Crippen LogP contribution >= 0.6 is 11.5 Å². The number of carbonyl (C=O) groups is 1. The summed E-state index contributed by atoms with van der Waals surface area (Å²) >= 11 is 1.15. The summed E-state index contributed by atoms with van der Waals surface area (Å²) in [6, 6.07) is 5.20. The van der Waals surface area contributed by atoms with Gasteiger partial charge >= 0.3 is 0 Å². The quantitative estimate of drug-likeness (QED) is 0.835. The second-order valence-corrected chi connectivity index (χ2v) is 5.02. The number of nitrogens with two attached hydrogens (primary N) is 1. The van der Waals surface area contributed by atoms with Gasteiger partial charge in [-0.25, -0.2) is 4.98 Å². The first-order valence-corrected chi connectivity index (χ1v) is 6.43. The molecular formula is C12H15N5OS. The van der Waals surface area contributed by atoms with Crippen LogP contribution in [0.2, 0.25) is 0 Å². The van der Waals surface area contributed by atoms with E-state index in [2.05, 4.69) is 14.7 Å². The molecule has 0 bridgehead atoms. The Labute approximate surface area is 115 Å². The maximum Gasteiger partial charge on any atom is 0.257 e. The van der Waals surface area contributed by atoms with Gasteiger partial charge in [0.05, 0.1) is 11.4 Å². The van der Waals surface area contributed by atoms with Crippen molar-refractivity contribution >= 4 is 33.9 Å². The summed E-state index contributed by atoms with van der Waals surface area (Å²) in [7, 11) is 3.80. The number of hydrogen-bond acceptors (Lipinski definition) is 6. The first-order chi connectivity index (χ1) is 8.97. The molecule has 0 radical (unpaired) electrons. The van der Waals surface area contributed by atoms with Gasteiger partial charge in [-0.15, -0.1) is 0 Å². The number of aryl methyl sites for hydroxylation is 1. The number of aromatic nitrogens is 2. The zero-order valence-corrected chi connectivity index (χ0v) is 11.8. The Kier molecular flexibility index (Phi) is 3.66. The van der Waals surface area contributed by atoms with Crippen LogP contribution < -0.4 is 16.0 Å². The second kappa shape index (κ2) is 5.23. The number of anilines is 3. The van der Waals surface area contributed by atoms with E-state index in [-0.39, 0.29) is 5.91 Å². The highest BCUT2D eigenvalue weighted by Gasteiger charge is 2.11. The molecule has 0 atom stereocenters. The minimum atomic E-state index is -0.242. The van der Waals surface area contributed by atoms with Gasteiger partial charge in [0.25, 0.3) is 5.91 Å². The van der Waals surface area contributed by atoms with Gasteiger partial charge in [-0.2, -0.15) is 4.37 Å². The van der Waals surface area contributed by atoms with Gasteiger partial charge in [0.1, 0.15) is 5.82 Å². The molecule has 100 valence electrons. The number of nitrogens with zero attached hydrogens (tertiary/aromatic N) is 3. The smallest absolute Gasteiger partial charge is 0.257 e. The molecule has 2 rings (SSSR count). The lowest BCUT2D eigenvalue weighted by Gasteiger charge is -2.15. The molecule has 6 nitrogen and oxygen atoms in total. The van der Waals surface area contributed by atoms with Crippen molar-refractivity contribution in [3.63, 3.8) is 0 Å². The number of hydrogen-bond donors (Lipinski definition) is 2. The van der Waals surface area contributed by atoms with Crippen LogP contribution in [0.5, 0.6) is 0 Å². The number of carbonyl (C=O) groups excluding carboxylic acids is 1. The summed E-state index contributed by atoms with van der Waals surface area (Å²) in [6.45, 7) is 1.77. The molecule has 2 aromatic rings. The molecule has 1 amide bonds. The Morgan fingerprint density at radius 3 is 2.68 bits per heavy atom. The SMILES string of the molecule is Cc1nsc(NC(=O)c2ccc(N(C)C)c(N)c2)n1. The van der Waals surface area contributed by atoms with Crippen molar-refractivity contribution in [2.45, 2.75) is 6.92 Å². The largest absolute Gasteiger partial charge is 0.397 e. The van der Waals surface area contributed by atoms with Gasteiger partial charge < -0.3 is 10.6 Å².